The molecule has 466 valence electrons. The molecule has 8 aliphatic rings. The molecule has 10 rings (SSSR count). The van der Waals surface area contributed by atoms with Gasteiger partial charge in [0, 0.05) is 47.3 Å². The number of carbonyl (C=O) groups excluding carboxylic acids is 6. The van der Waals surface area contributed by atoms with Gasteiger partial charge in [0.25, 0.3) is 14.8 Å². The third kappa shape index (κ3) is 9.72. The van der Waals surface area contributed by atoms with E-state index in [-0.39, 0.29) is 49.0 Å². The first-order chi connectivity index (χ1) is 40.1. The molecule has 22 atom stereocenters. The Labute approximate surface area is 504 Å². The van der Waals surface area contributed by atoms with Crippen LogP contribution in [0.4, 0.5) is 0 Å². The van der Waals surface area contributed by atoms with Gasteiger partial charge >= 0.3 is 11.9 Å². The topological polar surface area (TPSA) is 325 Å². The molecule has 2 heterocycles. The van der Waals surface area contributed by atoms with Gasteiger partial charge < -0.3 is 79.8 Å². The maximum atomic E-state index is 14.3. The number of esters is 2. The normalized spacial score (nSPS) is 41.4. The minimum Gasteiger partial charge on any atom is -0.456 e. The molecule has 10 N–H and O–H groups in total. The Morgan fingerprint density at radius 1 is 0.593 bits per heavy atom. The molecule has 0 spiro atoms. The number of nitrogens with one attached hydrogen (secondary N) is 2. The Balaban J connectivity index is 0.000000205. The second-order valence-electron chi connectivity index (χ2n) is 27.9. The summed E-state index contributed by atoms with van der Waals surface area (Å²) in [5.74, 6) is -5.34. The highest BCUT2D eigenvalue weighted by Gasteiger charge is 2.75. The summed E-state index contributed by atoms with van der Waals surface area (Å²) in [7, 11) is 2.17. The van der Waals surface area contributed by atoms with Crippen molar-refractivity contribution in [1.29, 1.82) is 0 Å². The summed E-state index contributed by atoms with van der Waals surface area (Å²) in [6, 6.07) is 15.3. The molecule has 0 aromatic heterocycles. The van der Waals surface area contributed by atoms with Crippen LogP contribution in [0.3, 0.4) is 0 Å². The third-order valence-corrected chi connectivity index (χ3v) is 23.2. The number of aliphatic hydroxyl groups is 8. The molecule has 6 fully saturated rings. The fourth-order valence-electron chi connectivity index (χ4n) is 18.2. The van der Waals surface area contributed by atoms with Crippen LogP contribution in [0.25, 0.3) is 0 Å². The molecule has 2 radical (unpaired) electrons. The van der Waals surface area contributed by atoms with E-state index in [1.165, 1.54) is 0 Å². The number of fused-ring (bicyclic) bond motifs is 10. The first-order valence-corrected chi connectivity index (χ1v) is 30.0. The summed E-state index contributed by atoms with van der Waals surface area (Å²) in [5.41, 5.74) is -6.76. The molecule has 4 bridgehead atoms. The lowest BCUT2D eigenvalue weighted by Crippen LogP contribution is -2.75. The van der Waals surface area contributed by atoms with Crippen LogP contribution in [0.2, 0.25) is 0 Å². The van der Waals surface area contributed by atoms with Crippen molar-refractivity contribution in [2.24, 2.45) is 56.2 Å². The summed E-state index contributed by atoms with van der Waals surface area (Å²) in [6.07, 6.45) is -10.2. The molecule has 20 nitrogen and oxygen atoms in total. The predicted octanol–water partition coefficient (Wildman–Crippen LogP) is 2.50. The molecule has 22 heteroatoms. The summed E-state index contributed by atoms with van der Waals surface area (Å²) >= 11 is 0. The molecule has 6 aliphatic carbocycles. The summed E-state index contributed by atoms with van der Waals surface area (Å²) in [4.78, 5) is 77.6. The number of ketones is 2. The second-order valence-corrected chi connectivity index (χ2v) is 27.9. The molecular weight excluding hydrogens is 1110 g/mol. The van der Waals surface area contributed by atoms with E-state index in [2.05, 4.69) is 10.5 Å². The van der Waals surface area contributed by atoms with Gasteiger partial charge in [-0.1, -0.05) is 116 Å². The summed E-state index contributed by atoms with van der Waals surface area (Å²) < 4.78 is 23.4. The van der Waals surface area contributed by atoms with E-state index in [1.54, 1.807) is 116 Å². The van der Waals surface area contributed by atoms with Gasteiger partial charge in [0.2, 0.25) is 0 Å². The Morgan fingerprint density at radius 2 is 0.919 bits per heavy atom. The van der Waals surface area contributed by atoms with E-state index in [0.717, 1.165) is 14.8 Å². The number of ether oxygens (including phenoxy) is 4. The maximum absolute atomic E-state index is 14.3. The van der Waals surface area contributed by atoms with E-state index < -0.39 is 152 Å². The molecule has 0 unspecified atom stereocenters. The van der Waals surface area contributed by atoms with Crippen LogP contribution < -0.4 is 10.5 Å². The molecule has 2 aromatic rings. The number of Topliss-reactive ketones (excluding diaryl/α,β-unsaturated/α-hetero) is 2. The van der Waals surface area contributed by atoms with Crippen LogP contribution in [0.1, 0.15) is 132 Å². The van der Waals surface area contributed by atoms with Crippen LogP contribution in [0.5, 0.6) is 0 Å². The van der Waals surface area contributed by atoms with Crippen LogP contribution in [0.15, 0.2) is 83.0 Å². The van der Waals surface area contributed by atoms with Crippen molar-refractivity contribution >= 4 is 50.7 Å². The van der Waals surface area contributed by atoms with Crippen molar-refractivity contribution in [3.05, 3.63) is 94.1 Å². The van der Waals surface area contributed by atoms with E-state index in [0.29, 0.717) is 47.9 Å². The van der Waals surface area contributed by atoms with Crippen molar-refractivity contribution in [3.63, 3.8) is 0 Å². The third-order valence-electron chi connectivity index (χ3n) is 23.2. The van der Waals surface area contributed by atoms with Crippen LogP contribution >= 0.6 is 0 Å². The zero-order valence-corrected chi connectivity index (χ0v) is 51.2. The van der Waals surface area contributed by atoms with Gasteiger partial charge in [-0.05, 0) is 84.8 Å². The SMILES string of the molecule is CC1=C2[C@@H](O)C(=O)[C@@]3(C)[C@H]([C@H](C)[C@](O)(C[C@@H]1OC(=O)[C@H](O)[C@@H](N[B]C=O)c1ccccc1)C2(C)C)[C@]1(C)CO[C@@H]1C[C@@H]3O.CC1=C2[C@@H](O)C(=O)[C@@]3(C)[C@H]([C@H](C)[C@](O)(C[C@@H]1OC(=O)[C@H](O)[C@@H](N[B]C=O)c1ccccc1)C2(C)C)[C@]1(C)CO[C@@H]1C[C@@H]3O. The lowest BCUT2D eigenvalue weighted by atomic mass is 9.40. The van der Waals surface area contributed by atoms with Gasteiger partial charge in [0.15, 0.2) is 23.8 Å². The number of carbonyl (C=O) groups is 6. The summed E-state index contributed by atoms with van der Waals surface area (Å²) in [6.45, 7) is 22.3. The van der Waals surface area contributed by atoms with Gasteiger partial charge in [-0.25, -0.2) is 9.59 Å². The zero-order valence-electron chi connectivity index (χ0n) is 51.2. The zero-order chi connectivity index (χ0) is 63.4. The average molecular weight is 1190 g/mol. The standard InChI is InChI=1S/2C32H43BNO9/c2*1-16-19(43-28(40)25(38)23(34-33-15-35)18-10-8-7-9-11-18)13-32(41)17(2)26-30(5)14-42-21(30)12-20(36)31(26,6)27(39)24(37)22(16)29(32,3)4/h2*7-11,15,17,19-21,23-26,34,36-38,41H,12-14H2,1-6H3/t2*17-,19-,20-,21+,23-,24+,25+,26+,30+,31+,32+/m00/s1. The van der Waals surface area contributed by atoms with E-state index in [1.807, 2.05) is 27.7 Å². The molecule has 0 amide bonds. The van der Waals surface area contributed by atoms with E-state index in [4.69, 9.17) is 18.9 Å². The number of rotatable bonds is 14. The quantitative estimate of drug-likeness (QED) is 0.0562. The average Bonchev–Trinajstić information content (AvgIpc) is 0.808. The van der Waals surface area contributed by atoms with Gasteiger partial charge in [-0.15, -0.1) is 0 Å². The van der Waals surface area contributed by atoms with Crippen molar-refractivity contribution < 1.29 is 88.6 Å². The van der Waals surface area contributed by atoms with Crippen molar-refractivity contribution in [3.8, 4) is 0 Å². The Bertz CT molecular complexity index is 2840. The molecule has 86 heavy (non-hydrogen) atoms. The minimum absolute atomic E-state index is 0.0515. The molecular formula is C64H86B2N2O18. The maximum Gasteiger partial charge on any atom is 0.337 e. The first kappa shape index (κ1) is 65.6. The van der Waals surface area contributed by atoms with E-state index in [9.17, 15) is 69.6 Å². The molecule has 2 aliphatic heterocycles. The smallest absolute Gasteiger partial charge is 0.337 e. The number of hydrogen-bond acceptors (Lipinski definition) is 20. The lowest BCUT2D eigenvalue weighted by molar-refractivity contribution is -0.302. The van der Waals surface area contributed by atoms with Crippen LogP contribution in [0, 0.1) is 56.2 Å². The van der Waals surface area contributed by atoms with Gasteiger partial charge in [0.05, 0.1) is 84.1 Å². The number of hydrogen-bond donors (Lipinski definition) is 10. The number of aliphatic hydroxyl groups excluding tert-OH is 6. The van der Waals surface area contributed by atoms with Crippen molar-refractivity contribution in [2.45, 2.75) is 193 Å². The Morgan fingerprint density at radius 3 is 1.21 bits per heavy atom. The molecule has 2 aromatic carbocycles. The van der Waals surface area contributed by atoms with Crippen LogP contribution in [-0.2, 0) is 47.7 Å². The van der Waals surface area contributed by atoms with Gasteiger partial charge in [-0.2, -0.15) is 0 Å². The fourth-order valence-corrected chi connectivity index (χ4v) is 18.2. The number of benzene rings is 2. The van der Waals surface area contributed by atoms with Gasteiger partial charge in [-0.3, -0.25) is 9.59 Å². The monoisotopic (exact) mass is 1190 g/mol. The summed E-state index contributed by atoms with van der Waals surface area (Å²) in [5, 5.41) is 99.5. The fraction of sp³-hybridized carbons (Fsp3) is 0.656. The first-order valence-electron chi connectivity index (χ1n) is 30.0. The Hall–Kier alpha value is -4.81. The Kier molecular flexibility index (Phi) is 17.7. The second kappa shape index (κ2) is 23.2. The van der Waals surface area contributed by atoms with E-state index >= 15 is 0 Å². The van der Waals surface area contributed by atoms with Crippen molar-refractivity contribution in [2.75, 3.05) is 13.2 Å². The minimum atomic E-state index is -1.72. The lowest BCUT2D eigenvalue weighted by Gasteiger charge is -2.68. The molecule has 2 saturated heterocycles. The molecule has 4 saturated carbocycles. The largest absolute Gasteiger partial charge is 0.456 e. The highest BCUT2D eigenvalue weighted by Crippen LogP contribution is 2.69. The van der Waals surface area contributed by atoms with Crippen molar-refractivity contribution in [1.82, 2.24) is 10.5 Å². The van der Waals surface area contributed by atoms with Crippen LogP contribution in [-0.4, -0.2) is 177 Å². The highest BCUT2D eigenvalue weighted by atomic mass is 16.6. The highest BCUT2D eigenvalue weighted by molar-refractivity contribution is 6.64. The van der Waals surface area contributed by atoms with Gasteiger partial charge in [0.1, 0.15) is 24.4 Å². The predicted molar refractivity (Wildman–Crippen MR) is 314 cm³/mol.